The number of nitrogens with zero attached hydrogens (tertiary/aromatic N) is 1. The average Bonchev–Trinajstić information content (AvgIpc) is 3.00. The third kappa shape index (κ3) is 5.59. The molecule has 7 heteroatoms. The lowest BCUT2D eigenvalue weighted by Gasteiger charge is -2.26. The van der Waals surface area contributed by atoms with Crippen LogP contribution in [0.25, 0.3) is 0 Å². The minimum absolute atomic E-state index is 0.0119. The summed E-state index contributed by atoms with van der Waals surface area (Å²) in [5, 5.41) is 2.99. The molecule has 5 nitrogen and oxygen atoms in total. The molecule has 0 bridgehead atoms. The number of hydrogen-bond acceptors (Lipinski definition) is 5. The normalized spacial score (nSPS) is 15.9. The molecule has 1 N–H and O–H groups in total. The van der Waals surface area contributed by atoms with Crippen LogP contribution in [0.1, 0.15) is 32.6 Å². The Hall–Kier alpha value is -3.13. The van der Waals surface area contributed by atoms with Gasteiger partial charge < -0.3 is 14.8 Å². The van der Waals surface area contributed by atoms with E-state index in [0.717, 1.165) is 62.0 Å². The molecule has 0 spiro atoms. The lowest BCUT2D eigenvalue weighted by atomic mass is 9.97. The van der Waals surface area contributed by atoms with E-state index in [1.54, 1.807) is 12.1 Å². The van der Waals surface area contributed by atoms with Gasteiger partial charge in [-0.2, -0.15) is 0 Å². The van der Waals surface area contributed by atoms with Crippen LogP contribution >= 0.6 is 0 Å². The Morgan fingerprint density at radius 3 is 2.57 bits per heavy atom. The zero-order chi connectivity index (χ0) is 24.2. The molecule has 5 rings (SSSR count). The van der Waals surface area contributed by atoms with E-state index in [1.165, 1.54) is 12.1 Å². The maximum atomic E-state index is 14.1. The van der Waals surface area contributed by atoms with E-state index in [2.05, 4.69) is 10.2 Å². The summed E-state index contributed by atoms with van der Waals surface area (Å²) in [6, 6.07) is 14.8. The van der Waals surface area contributed by atoms with Crippen molar-refractivity contribution in [3.8, 4) is 0 Å². The van der Waals surface area contributed by atoms with E-state index in [4.69, 9.17) is 9.47 Å². The quantitative estimate of drug-likeness (QED) is 0.490. The molecule has 35 heavy (non-hydrogen) atoms. The van der Waals surface area contributed by atoms with Crippen molar-refractivity contribution >= 4 is 17.2 Å². The summed E-state index contributed by atoms with van der Waals surface area (Å²) >= 11 is 0. The van der Waals surface area contributed by atoms with Crippen molar-refractivity contribution in [1.29, 1.82) is 0 Å². The van der Waals surface area contributed by atoms with Crippen LogP contribution in [0.3, 0.4) is 0 Å². The number of ketones is 1. The first kappa shape index (κ1) is 23.6. The number of ether oxygens (including phenoxy) is 2. The van der Waals surface area contributed by atoms with E-state index < -0.39 is 11.6 Å². The van der Waals surface area contributed by atoms with Crippen molar-refractivity contribution < 1.29 is 23.0 Å². The summed E-state index contributed by atoms with van der Waals surface area (Å²) in [6.45, 7) is 5.39. The summed E-state index contributed by atoms with van der Waals surface area (Å²) in [5.74, 6) is -1.30. The second-order valence-corrected chi connectivity index (χ2v) is 8.95. The van der Waals surface area contributed by atoms with Gasteiger partial charge in [-0.05, 0) is 65.9 Å². The van der Waals surface area contributed by atoms with Crippen LogP contribution in [0.5, 0.6) is 0 Å². The Kier molecular flexibility index (Phi) is 7.18. The molecule has 0 radical (unpaired) electrons. The number of morpholine rings is 1. The summed E-state index contributed by atoms with van der Waals surface area (Å²) in [4.78, 5) is 15.7. The Bertz CT molecular complexity index is 1220. The molecule has 3 aromatic rings. The SMILES string of the molecule is O=C1c2ccc(Nc3ccc(F)cc3F)cc2CCc2ccc(COCCN3CCOCC3)cc21. The second kappa shape index (κ2) is 10.6. The number of carbonyl (C=O) groups is 1. The van der Waals surface area contributed by atoms with Gasteiger partial charge in [0.05, 0.1) is 32.1 Å². The van der Waals surface area contributed by atoms with Crippen LogP contribution in [-0.2, 0) is 28.9 Å². The van der Waals surface area contributed by atoms with Gasteiger partial charge in [0.1, 0.15) is 11.6 Å². The summed E-state index contributed by atoms with van der Waals surface area (Å²) in [6.07, 6.45) is 1.44. The zero-order valence-corrected chi connectivity index (χ0v) is 19.5. The maximum Gasteiger partial charge on any atom is 0.193 e. The van der Waals surface area contributed by atoms with Crippen molar-refractivity contribution in [3.63, 3.8) is 0 Å². The van der Waals surface area contributed by atoms with E-state index in [0.29, 0.717) is 36.4 Å². The topological polar surface area (TPSA) is 50.8 Å². The summed E-state index contributed by atoms with van der Waals surface area (Å²) in [7, 11) is 0. The fourth-order valence-corrected chi connectivity index (χ4v) is 4.61. The van der Waals surface area contributed by atoms with E-state index in [1.807, 2.05) is 24.3 Å². The van der Waals surface area contributed by atoms with Gasteiger partial charge in [0, 0.05) is 42.5 Å². The Morgan fingerprint density at radius 1 is 0.914 bits per heavy atom. The van der Waals surface area contributed by atoms with Gasteiger partial charge >= 0.3 is 0 Å². The number of rotatable bonds is 7. The Morgan fingerprint density at radius 2 is 1.74 bits per heavy atom. The molecular formula is C28H28F2N2O3. The number of benzene rings is 3. The molecule has 0 saturated carbocycles. The van der Waals surface area contributed by atoms with E-state index in [-0.39, 0.29) is 11.5 Å². The van der Waals surface area contributed by atoms with Crippen molar-refractivity contribution in [1.82, 2.24) is 4.90 Å². The van der Waals surface area contributed by atoms with Crippen molar-refractivity contribution in [2.24, 2.45) is 0 Å². The number of hydrogen-bond donors (Lipinski definition) is 1. The molecule has 3 aromatic carbocycles. The lowest BCUT2D eigenvalue weighted by molar-refractivity contribution is 0.0180. The van der Waals surface area contributed by atoms with Gasteiger partial charge in [-0.25, -0.2) is 8.78 Å². The minimum atomic E-state index is -0.664. The summed E-state index contributed by atoms with van der Waals surface area (Å²) in [5.41, 5.74) is 5.11. The number of nitrogens with one attached hydrogen (secondary N) is 1. The minimum Gasteiger partial charge on any atom is -0.379 e. The van der Waals surface area contributed by atoms with Crippen molar-refractivity contribution in [2.75, 3.05) is 44.8 Å². The Labute approximate surface area is 203 Å². The molecule has 1 aliphatic carbocycles. The van der Waals surface area contributed by atoms with E-state index in [9.17, 15) is 13.6 Å². The van der Waals surface area contributed by atoms with Crippen molar-refractivity contribution in [3.05, 3.63) is 94.0 Å². The van der Waals surface area contributed by atoms with Gasteiger partial charge in [0.2, 0.25) is 0 Å². The van der Waals surface area contributed by atoms with Crippen LogP contribution in [0.15, 0.2) is 54.6 Å². The molecule has 1 saturated heterocycles. The smallest absolute Gasteiger partial charge is 0.193 e. The average molecular weight is 479 g/mol. The molecule has 0 atom stereocenters. The van der Waals surface area contributed by atoms with Gasteiger partial charge in [0.15, 0.2) is 5.78 Å². The third-order valence-electron chi connectivity index (χ3n) is 6.57. The first-order valence-electron chi connectivity index (χ1n) is 12.0. The predicted octanol–water partition coefficient (Wildman–Crippen LogP) is 4.89. The number of fused-ring (bicyclic) bond motifs is 2. The predicted molar refractivity (Wildman–Crippen MR) is 130 cm³/mol. The number of halogens is 2. The molecule has 1 heterocycles. The molecule has 182 valence electrons. The Balaban J connectivity index is 1.26. The highest BCUT2D eigenvalue weighted by atomic mass is 19.1. The van der Waals surface area contributed by atoms with E-state index >= 15 is 0 Å². The highest BCUT2D eigenvalue weighted by Crippen LogP contribution is 2.29. The van der Waals surface area contributed by atoms with Crippen molar-refractivity contribution in [2.45, 2.75) is 19.4 Å². The van der Waals surface area contributed by atoms with Gasteiger partial charge in [-0.3, -0.25) is 9.69 Å². The second-order valence-electron chi connectivity index (χ2n) is 8.95. The van der Waals surface area contributed by atoms with Crippen LogP contribution < -0.4 is 5.32 Å². The molecule has 1 fully saturated rings. The highest BCUT2D eigenvalue weighted by molar-refractivity contribution is 6.11. The van der Waals surface area contributed by atoms with Crippen LogP contribution in [-0.4, -0.2) is 50.1 Å². The summed E-state index contributed by atoms with van der Waals surface area (Å²) < 4.78 is 38.5. The monoisotopic (exact) mass is 478 g/mol. The fraction of sp³-hybridized carbons (Fsp3) is 0.321. The molecule has 0 aromatic heterocycles. The fourth-order valence-electron chi connectivity index (χ4n) is 4.61. The zero-order valence-electron chi connectivity index (χ0n) is 19.5. The van der Waals surface area contributed by atoms with Crippen LogP contribution in [0.4, 0.5) is 20.2 Å². The molecule has 1 aliphatic heterocycles. The molecule has 2 aliphatic rings. The van der Waals surface area contributed by atoms with Gasteiger partial charge in [0.25, 0.3) is 0 Å². The van der Waals surface area contributed by atoms with Gasteiger partial charge in [-0.15, -0.1) is 0 Å². The number of anilines is 2. The number of aryl methyl sites for hydroxylation is 2. The van der Waals surface area contributed by atoms with Crippen LogP contribution in [0, 0.1) is 11.6 Å². The van der Waals surface area contributed by atoms with Crippen LogP contribution in [0.2, 0.25) is 0 Å². The largest absolute Gasteiger partial charge is 0.379 e. The first-order chi connectivity index (χ1) is 17.1. The maximum absolute atomic E-state index is 14.1. The number of carbonyl (C=O) groups excluding carboxylic acids is 1. The standard InChI is InChI=1S/C28H28F2N2O3/c29-22-5-8-27(26(30)17-22)31-23-6-7-24-21(16-23)4-3-20-2-1-19(15-25(20)28(24)33)18-35-14-11-32-9-12-34-13-10-32/h1-2,5-8,15-17,31H,3-4,9-14,18H2. The highest BCUT2D eigenvalue weighted by Gasteiger charge is 2.22. The third-order valence-corrected chi connectivity index (χ3v) is 6.57. The molecule has 0 unspecified atom stereocenters. The first-order valence-corrected chi connectivity index (χ1v) is 12.0. The van der Waals surface area contributed by atoms with Gasteiger partial charge in [-0.1, -0.05) is 12.1 Å². The molecular weight excluding hydrogens is 450 g/mol. The lowest BCUT2D eigenvalue weighted by Crippen LogP contribution is -2.38. The molecule has 0 amide bonds.